The zero-order valence-corrected chi connectivity index (χ0v) is 17.2. The fraction of sp³-hybridized carbons (Fsp3) is 0.222. The van der Waals surface area contributed by atoms with Gasteiger partial charge in [0.2, 0.25) is 5.91 Å². The van der Waals surface area contributed by atoms with Crippen LogP contribution in [0.25, 0.3) is 11.1 Å². The summed E-state index contributed by atoms with van der Waals surface area (Å²) in [5, 5.41) is 2.65. The minimum absolute atomic E-state index is 0.0525. The smallest absolute Gasteiger partial charge is 0.408 e. The number of fused-ring (bicyclic) bond motifs is 1. The van der Waals surface area contributed by atoms with Crippen LogP contribution in [0, 0.1) is 13.8 Å². The summed E-state index contributed by atoms with van der Waals surface area (Å²) >= 11 is 6.17. The molecule has 3 aromatic rings. The van der Waals surface area contributed by atoms with Crippen LogP contribution in [0.2, 0.25) is 5.02 Å². The first kappa shape index (κ1) is 20.0. The van der Waals surface area contributed by atoms with Crippen LogP contribution in [-0.4, -0.2) is 18.9 Å². The molecule has 1 heterocycles. The molecule has 0 fully saturated rings. The van der Waals surface area contributed by atoms with Crippen LogP contribution in [0.15, 0.2) is 38.4 Å². The summed E-state index contributed by atoms with van der Waals surface area (Å²) in [6.07, 6.45) is 0. The van der Waals surface area contributed by atoms with Crippen molar-refractivity contribution in [3.05, 3.63) is 51.0 Å². The fourth-order valence-corrected chi connectivity index (χ4v) is 4.52. The molecule has 0 spiro atoms. The highest BCUT2D eigenvalue weighted by Gasteiger charge is 2.23. The number of aryl methyl sites for hydroxylation is 2. The van der Waals surface area contributed by atoms with Crippen LogP contribution < -0.4 is 15.8 Å². The van der Waals surface area contributed by atoms with E-state index in [1.165, 1.54) is 30.7 Å². The van der Waals surface area contributed by atoms with Gasteiger partial charge in [-0.3, -0.25) is 14.1 Å². The van der Waals surface area contributed by atoms with Gasteiger partial charge in [0, 0.05) is 25.7 Å². The largest absolute Gasteiger partial charge is 0.419 e. The summed E-state index contributed by atoms with van der Waals surface area (Å²) in [6, 6.07) is 5.86. The van der Waals surface area contributed by atoms with Crippen molar-refractivity contribution in [3.8, 4) is 0 Å². The van der Waals surface area contributed by atoms with E-state index in [9.17, 15) is 18.0 Å². The molecule has 3 rings (SSSR count). The molecular weight excluding hydrogens is 406 g/mol. The average Bonchev–Trinajstić information content (AvgIpc) is 2.87. The Morgan fingerprint density at radius 1 is 1.21 bits per heavy atom. The van der Waals surface area contributed by atoms with Gasteiger partial charge in [0.25, 0.3) is 10.0 Å². The van der Waals surface area contributed by atoms with Crippen molar-refractivity contribution in [1.29, 1.82) is 0 Å². The number of carbonyl (C=O) groups is 1. The van der Waals surface area contributed by atoms with Crippen LogP contribution in [-0.2, 0) is 21.9 Å². The lowest BCUT2D eigenvalue weighted by molar-refractivity contribution is -0.114. The maximum atomic E-state index is 12.9. The molecule has 8 nitrogen and oxygen atoms in total. The molecule has 0 aliphatic rings. The third-order valence-corrected chi connectivity index (χ3v) is 6.18. The zero-order chi connectivity index (χ0) is 20.8. The van der Waals surface area contributed by atoms with E-state index >= 15 is 0 Å². The normalized spacial score (nSPS) is 11.6. The summed E-state index contributed by atoms with van der Waals surface area (Å²) in [5.41, 5.74) is 2.66. The molecule has 0 atom stereocenters. The number of amides is 1. The van der Waals surface area contributed by atoms with E-state index in [1.54, 1.807) is 26.0 Å². The molecule has 1 amide bonds. The van der Waals surface area contributed by atoms with E-state index in [1.807, 2.05) is 0 Å². The third kappa shape index (κ3) is 3.50. The van der Waals surface area contributed by atoms with E-state index < -0.39 is 15.8 Å². The maximum Gasteiger partial charge on any atom is 0.419 e. The van der Waals surface area contributed by atoms with Gasteiger partial charge >= 0.3 is 5.76 Å². The summed E-state index contributed by atoms with van der Waals surface area (Å²) in [4.78, 5) is 22.9. The number of nitrogens with zero attached hydrogens (tertiary/aromatic N) is 1. The quantitative estimate of drug-likeness (QED) is 0.669. The minimum atomic E-state index is -4.09. The van der Waals surface area contributed by atoms with E-state index in [2.05, 4.69) is 10.0 Å². The lowest BCUT2D eigenvalue weighted by Gasteiger charge is -2.16. The number of anilines is 2. The van der Waals surface area contributed by atoms with Crippen LogP contribution in [0.1, 0.15) is 18.1 Å². The van der Waals surface area contributed by atoms with Gasteiger partial charge in [-0.15, -0.1) is 0 Å². The van der Waals surface area contributed by atoms with E-state index in [0.717, 1.165) is 5.56 Å². The number of carbonyl (C=O) groups excluding carboxylic acids is 1. The van der Waals surface area contributed by atoms with Gasteiger partial charge in [-0.05, 0) is 37.1 Å². The Labute approximate surface area is 166 Å². The Hall–Kier alpha value is -2.78. The van der Waals surface area contributed by atoms with Gasteiger partial charge in [-0.2, -0.15) is 0 Å². The average molecular weight is 424 g/mol. The monoisotopic (exact) mass is 423 g/mol. The summed E-state index contributed by atoms with van der Waals surface area (Å²) in [7, 11) is -2.59. The van der Waals surface area contributed by atoms with Crippen LogP contribution >= 0.6 is 11.6 Å². The van der Waals surface area contributed by atoms with Crippen molar-refractivity contribution >= 4 is 50.0 Å². The first-order valence-electron chi connectivity index (χ1n) is 8.21. The molecule has 0 radical (unpaired) electrons. The predicted octanol–water partition coefficient (Wildman–Crippen LogP) is 3.16. The van der Waals surface area contributed by atoms with Gasteiger partial charge in [-0.1, -0.05) is 17.7 Å². The molecular formula is C18H18ClN3O5S. The molecule has 10 heteroatoms. The summed E-state index contributed by atoms with van der Waals surface area (Å²) in [5.74, 6) is -0.887. The Balaban J connectivity index is 2.08. The maximum absolute atomic E-state index is 12.9. The Kier molecular flexibility index (Phi) is 4.99. The molecule has 0 saturated carbocycles. The lowest BCUT2D eigenvalue weighted by atomic mass is 10.1. The molecule has 0 bridgehead atoms. The second-order valence-corrected chi connectivity index (χ2v) is 8.45. The van der Waals surface area contributed by atoms with Crippen LogP contribution in [0.5, 0.6) is 0 Å². The van der Waals surface area contributed by atoms with Crippen molar-refractivity contribution in [3.63, 3.8) is 0 Å². The number of hydrogen-bond donors (Lipinski definition) is 2. The number of hydrogen-bond acceptors (Lipinski definition) is 5. The second-order valence-electron chi connectivity index (χ2n) is 6.39. The zero-order valence-electron chi connectivity index (χ0n) is 15.6. The number of benzene rings is 2. The number of aromatic nitrogens is 1. The standard InChI is InChI=1S/C18H18ClN3O5S/c1-9-5-6-13(10(2)17(9)20-11(3)23)21-28(25,26)16-8-15-14(7-12(16)19)22(4)18(24)27-15/h5-8,21H,1-4H3,(H,20,23). The molecule has 0 unspecified atom stereocenters. The molecule has 1 aromatic heterocycles. The number of nitrogens with one attached hydrogen (secondary N) is 2. The Bertz CT molecular complexity index is 1270. The first-order chi connectivity index (χ1) is 13.0. The highest BCUT2D eigenvalue weighted by molar-refractivity contribution is 7.92. The van der Waals surface area contributed by atoms with E-state index in [4.69, 9.17) is 16.0 Å². The molecule has 2 aromatic carbocycles. The molecule has 0 aliphatic heterocycles. The number of oxazole rings is 1. The van der Waals surface area contributed by atoms with E-state index in [0.29, 0.717) is 22.5 Å². The number of sulfonamides is 1. The van der Waals surface area contributed by atoms with Crippen molar-refractivity contribution < 1.29 is 17.6 Å². The fourth-order valence-electron chi connectivity index (χ4n) is 2.86. The van der Waals surface area contributed by atoms with Crippen molar-refractivity contribution in [1.82, 2.24) is 4.57 Å². The van der Waals surface area contributed by atoms with Gasteiger partial charge in [-0.25, -0.2) is 13.2 Å². The minimum Gasteiger partial charge on any atom is -0.408 e. The first-order valence-corrected chi connectivity index (χ1v) is 10.1. The summed E-state index contributed by atoms with van der Waals surface area (Å²) in [6.45, 7) is 4.87. The summed E-state index contributed by atoms with van der Waals surface area (Å²) < 4.78 is 34.6. The van der Waals surface area contributed by atoms with Gasteiger partial charge < -0.3 is 9.73 Å². The van der Waals surface area contributed by atoms with E-state index in [-0.39, 0.29) is 21.4 Å². The SMILES string of the molecule is CC(=O)Nc1c(C)ccc(NS(=O)(=O)c2cc3oc(=O)n(C)c3cc2Cl)c1C. The predicted molar refractivity (Wildman–Crippen MR) is 107 cm³/mol. The molecule has 0 aliphatic carbocycles. The molecule has 0 saturated heterocycles. The molecule has 2 N–H and O–H groups in total. The van der Waals surface area contributed by atoms with Crippen molar-refractivity contribution in [2.75, 3.05) is 10.0 Å². The molecule has 28 heavy (non-hydrogen) atoms. The highest BCUT2D eigenvalue weighted by Crippen LogP contribution is 2.32. The van der Waals surface area contributed by atoms with Crippen molar-refractivity contribution in [2.45, 2.75) is 25.7 Å². The number of halogens is 1. The van der Waals surface area contributed by atoms with Crippen molar-refractivity contribution in [2.24, 2.45) is 7.05 Å². The number of rotatable bonds is 4. The second kappa shape index (κ2) is 6.99. The lowest BCUT2D eigenvalue weighted by Crippen LogP contribution is -2.16. The highest BCUT2D eigenvalue weighted by atomic mass is 35.5. The van der Waals surface area contributed by atoms with Crippen LogP contribution in [0.4, 0.5) is 11.4 Å². The Morgan fingerprint density at radius 3 is 2.54 bits per heavy atom. The third-order valence-electron chi connectivity index (χ3n) is 4.35. The van der Waals surface area contributed by atoms with Crippen LogP contribution in [0.3, 0.4) is 0 Å². The van der Waals surface area contributed by atoms with Gasteiger partial charge in [0.05, 0.1) is 16.2 Å². The Morgan fingerprint density at radius 2 is 1.89 bits per heavy atom. The topological polar surface area (TPSA) is 110 Å². The van der Waals surface area contributed by atoms with Gasteiger partial charge in [0.15, 0.2) is 5.58 Å². The molecule has 148 valence electrons. The van der Waals surface area contributed by atoms with Gasteiger partial charge in [0.1, 0.15) is 4.90 Å².